The van der Waals surface area contributed by atoms with Gasteiger partial charge in [0.2, 0.25) is 0 Å². The second-order valence-corrected chi connectivity index (χ2v) is 5.26. The van der Waals surface area contributed by atoms with Gasteiger partial charge in [-0.1, -0.05) is 28.1 Å². The van der Waals surface area contributed by atoms with E-state index in [1.165, 1.54) is 0 Å². The Morgan fingerprint density at radius 2 is 2.06 bits per heavy atom. The number of hydrogen-bond acceptors (Lipinski definition) is 3. The summed E-state index contributed by atoms with van der Waals surface area (Å²) >= 11 is 3.42. The van der Waals surface area contributed by atoms with E-state index in [4.69, 9.17) is 5.73 Å². The van der Waals surface area contributed by atoms with Gasteiger partial charge in [-0.05, 0) is 18.6 Å². The third-order valence-corrected chi connectivity index (χ3v) is 3.53. The first kappa shape index (κ1) is 10.9. The lowest BCUT2D eigenvalue weighted by Gasteiger charge is -2.17. The van der Waals surface area contributed by atoms with Crippen molar-refractivity contribution in [2.24, 2.45) is 5.73 Å². The summed E-state index contributed by atoms with van der Waals surface area (Å²) < 4.78 is 3.00. The predicted octanol–water partition coefficient (Wildman–Crippen LogP) is 1.98. The van der Waals surface area contributed by atoms with Gasteiger partial charge in [0.15, 0.2) is 5.82 Å². The van der Waals surface area contributed by atoms with Gasteiger partial charge in [-0.25, -0.2) is 9.67 Å². The molecule has 0 aliphatic carbocycles. The van der Waals surface area contributed by atoms with Crippen LogP contribution < -0.4 is 5.73 Å². The Morgan fingerprint density at radius 3 is 2.82 bits per heavy atom. The lowest BCUT2D eigenvalue weighted by molar-refractivity contribution is 0.422. The van der Waals surface area contributed by atoms with Crippen LogP contribution in [0.5, 0.6) is 0 Å². The summed E-state index contributed by atoms with van der Waals surface area (Å²) in [6.45, 7) is 0.777. The maximum absolute atomic E-state index is 5.92. The van der Waals surface area contributed by atoms with E-state index in [1.807, 2.05) is 28.9 Å². The average molecular weight is 293 g/mol. The first-order valence-electron chi connectivity index (χ1n) is 5.67. The van der Waals surface area contributed by atoms with E-state index in [9.17, 15) is 0 Å². The SMILES string of the molecule is NC1CCc2nc(-c3ccc(Br)cc3)nn2C1. The molecule has 1 aliphatic heterocycles. The van der Waals surface area contributed by atoms with E-state index in [-0.39, 0.29) is 6.04 Å². The molecule has 3 rings (SSSR count). The maximum atomic E-state index is 5.92. The molecule has 0 spiro atoms. The monoisotopic (exact) mass is 292 g/mol. The van der Waals surface area contributed by atoms with Crippen molar-refractivity contribution in [3.8, 4) is 11.4 Å². The molecule has 1 aromatic carbocycles. The first-order valence-corrected chi connectivity index (χ1v) is 6.47. The molecule has 0 radical (unpaired) electrons. The highest BCUT2D eigenvalue weighted by atomic mass is 79.9. The largest absolute Gasteiger partial charge is 0.326 e. The minimum absolute atomic E-state index is 0.210. The van der Waals surface area contributed by atoms with E-state index < -0.39 is 0 Å². The summed E-state index contributed by atoms with van der Waals surface area (Å²) in [6.07, 6.45) is 1.92. The van der Waals surface area contributed by atoms with Crippen LogP contribution in [0.3, 0.4) is 0 Å². The molecule has 2 aromatic rings. The van der Waals surface area contributed by atoms with Crippen LogP contribution in [0.4, 0.5) is 0 Å². The molecular formula is C12H13BrN4. The topological polar surface area (TPSA) is 56.7 Å². The molecule has 1 aromatic heterocycles. The smallest absolute Gasteiger partial charge is 0.181 e. The highest BCUT2D eigenvalue weighted by molar-refractivity contribution is 9.10. The number of rotatable bonds is 1. The molecule has 4 nitrogen and oxygen atoms in total. The first-order chi connectivity index (χ1) is 8.22. The normalized spacial score (nSPS) is 19.1. The number of nitrogens with two attached hydrogens (primary N) is 1. The summed E-state index contributed by atoms with van der Waals surface area (Å²) in [5, 5.41) is 4.51. The van der Waals surface area contributed by atoms with Gasteiger partial charge in [0.05, 0.1) is 6.54 Å². The van der Waals surface area contributed by atoms with Crippen LogP contribution in [0.15, 0.2) is 28.7 Å². The lowest BCUT2D eigenvalue weighted by Crippen LogP contribution is -2.32. The lowest BCUT2D eigenvalue weighted by atomic mass is 10.1. The Bertz CT molecular complexity index is 532. The van der Waals surface area contributed by atoms with Crippen molar-refractivity contribution in [1.82, 2.24) is 14.8 Å². The van der Waals surface area contributed by atoms with E-state index >= 15 is 0 Å². The maximum Gasteiger partial charge on any atom is 0.181 e. The molecule has 0 bridgehead atoms. The zero-order chi connectivity index (χ0) is 11.8. The molecule has 1 aliphatic rings. The van der Waals surface area contributed by atoms with Crippen molar-refractivity contribution in [2.75, 3.05) is 0 Å². The van der Waals surface area contributed by atoms with Crippen molar-refractivity contribution in [3.63, 3.8) is 0 Å². The summed E-state index contributed by atoms with van der Waals surface area (Å²) in [5.74, 6) is 1.84. The molecule has 0 fully saturated rings. The molecular weight excluding hydrogens is 280 g/mol. The summed E-state index contributed by atoms with van der Waals surface area (Å²) in [6, 6.07) is 8.25. The fourth-order valence-corrected chi connectivity index (χ4v) is 2.32. The van der Waals surface area contributed by atoms with Crippen LogP contribution in [0.2, 0.25) is 0 Å². The molecule has 1 atom stereocenters. The highest BCUT2D eigenvalue weighted by Gasteiger charge is 2.19. The minimum atomic E-state index is 0.210. The van der Waals surface area contributed by atoms with Gasteiger partial charge in [0.1, 0.15) is 5.82 Å². The Morgan fingerprint density at radius 1 is 1.29 bits per heavy atom. The minimum Gasteiger partial charge on any atom is -0.326 e. The molecule has 0 amide bonds. The quantitative estimate of drug-likeness (QED) is 0.874. The van der Waals surface area contributed by atoms with Crippen molar-refractivity contribution >= 4 is 15.9 Å². The zero-order valence-electron chi connectivity index (χ0n) is 9.31. The number of halogens is 1. The fraction of sp³-hybridized carbons (Fsp3) is 0.333. The molecule has 0 saturated carbocycles. The van der Waals surface area contributed by atoms with E-state index in [0.29, 0.717) is 0 Å². The van der Waals surface area contributed by atoms with Gasteiger partial charge in [-0.15, -0.1) is 0 Å². The molecule has 1 unspecified atom stereocenters. The number of hydrogen-bond donors (Lipinski definition) is 1. The second-order valence-electron chi connectivity index (χ2n) is 4.34. The van der Waals surface area contributed by atoms with E-state index in [0.717, 1.165) is 41.1 Å². The molecule has 2 heterocycles. The standard InChI is InChI=1S/C12H13BrN4/c13-9-3-1-8(2-4-9)12-15-11-6-5-10(14)7-17(11)16-12/h1-4,10H,5-7,14H2. The fourth-order valence-electron chi connectivity index (χ4n) is 2.05. The van der Waals surface area contributed by atoms with Crippen molar-refractivity contribution in [1.29, 1.82) is 0 Å². The second kappa shape index (κ2) is 4.23. The van der Waals surface area contributed by atoms with Crippen LogP contribution in [-0.4, -0.2) is 20.8 Å². The number of benzene rings is 1. The van der Waals surface area contributed by atoms with Gasteiger partial charge < -0.3 is 5.73 Å². The van der Waals surface area contributed by atoms with Gasteiger partial charge in [-0.3, -0.25) is 0 Å². The highest BCUT2D eigenvalue weighted by Crippen LogP contribution is 2.21. The van der Waals surface area contributed by atoms with Gasteiger partial charge >= 0.3 is 0 Å². The van der Waals surface area contributed by atoms with Crippen molar-refractivity contribution in [2.45, 2.75) is 25.4 Å². The summed E-state index contributed by atoms with van der Waals surface area (Å²) in [5.41, 5.74) is 6.97. The Balaban J connectivity index is 1.97. The molecule has 2 N–H and O–H groups in total. The third kappa shape index (κ3) is 2.12. The summed E-state index contributed by atoms with van der Waals surface area (Å²) in [7, 11) is 0. The Hall–Kier alpha value is -1.20. The van der Waals surface area contributed by atoms with Crippen LogP contribution in [0.25, 0.3) is 11.4 Å². The zero-order valence-corrected chi connectivity index (χ0v) is 10.9. The average Bonchev–Trinajstić information content (AvgIpc) is 2.72. The van der Waals surface area contributed by atoms with Crippen LogP contribution in [0, 0.1) is 0 Å². The number of aryl methyl sites for hydroxylation is 1. The summed E-state index contributed by atoms with van der Waals surface area (Å²) in [4.78, 5) is 4.57. The van der Waals surface area contributed by atoms with Crippen molar-refractivity contribution in [3.05, 3.63) is 34.6 Å². The van der Waals surface area contributed by atoms with Crippen LogP contribution in [0.1, 0.15) is 12.2 Å². The van der Waals surface area contributed by atoms with Gasteiger partial charge in [0.25, 0.3) is 0 Å². The molecule has 0 saturated heterocycles. The molecule has 88 valence electrons. The predicted molar refractivity (Wildman–Crippen MR) is 69.5 cm³/mol. The van der Waals surface area contributed by atoms with Gasteiger partial charge in [0, 0.05) is 22.5 Å². The van der Waals surface area contributed by atoms with Crippen molar-refractivity contribution < 1.29 is 0 Å². The molecule has 17 heavy (non-hydrogen) atoms. The van der Waals surface area contributed by atoms with Crippen LogP contribution in [-0.2, 0) is 13.0 Å². The Kier molecular flexibility index (Phi) is 2.72. The van der Waals surface area contributed by atoms with E-state index in [1.54, 1.807) is 0 Å². The number of nitrogens with zero attached hydrogens (tertiary/aromatic N) is 3. The number of aromatic nitrogens is 3. The van der Waals surface area contributed by atoms with Crippen LogP contribution >= 0.6 is 15.9 Å². The Labute approximate surface area is 108 Å². The number of fused-ring (bicyclic) bond motifs is 1. The van der Waals surface area contributed by atoms with Gasteiger partial charge in [-0.2, -0.15) is 5.10 Å². The van der Waals surface area contributed by atoms with E-state index in [2.05, 4.69) is 26.0 Å². The molecule has 5 heteroatoms. The third-order valence-electron chi connectivity index (χ3n) is 3.00.